The molecule has 3 aromatic rings. The lowest BCUT2D eigenvalue weighted by atomic mass is 9.93. The molecule has 5 heteroatoms. The summed E-state index contributed by atoms with van der Waals surface area (Å²) in [7, 11) is 0. The van der Waals surface area contributed by atoms with Crippen molar-refractivity contribution in [3.05, 3.63) is 83.2 Å². The summed E-state index contributed by atoms with van der Waals surface area (Å²) in [5, 5.41) is 3.32. The Morgan fingerprint density at radius 2 is 1.79 bits per heavy atom. The Kier molecular flexibility index (Phi) is 5.56. The number of para-hydroxylation sites is 1. The highest BCUT2D eigenvalue weighted by atomic mass is 16.2. The molecule has 2 aromatic carbocycles. The van der Waals surface area contributed by atoms with Crippen LogP contribution in [0.1, 0.15) is 45.9 Å². The number of likely N-dealkylation sites (tertiary alicyclic amines) is 1. The molecule has 1 amide bonds. The number of amides is 1. The standard InChI is InChI=1S/C24H26N4O/c1-17-8-3-5-11-20(17)23(29)28-15-7-10-19(16-28)22-13-14-25-24(27-22)26-21-12-6-4-9-18(21)2/h3-6,8-9,11-14,19H,7,10,15-16H2,1-2H3,(H,25,26,27)/t19-/m1/s1. The van der Waals surface area contributed by atoms with Gasteiger partial charge < -0.3 is 10.2 Å². The van der Waals surface area contributed by atoms with E-state index < -0.39 is 0 Å². The van der Waals surface area contributed by atoms with E-state index in [9.17, 15) is 4.79 Å². The van der Waals surface area contributed by atoms with E-state index in [-0.39, 0.29) is 11.8 Å². The maximum atomic E-state index is 13.0. The topological polar surface area (TPSA) is 58.1 Å². The Hall–Kier alpha value is -3.21. The molecule has 1 aliphatic heterocycles. The van der Waals surface area contributed by atoms with Gasteiger partial charge in [0.25, 0.3) is 5.91 Å². The van der Waals surface area contributed by atoms with E-state index in [1.54, 1.807) is 6.20 Å². The number of carbonyl (C=O) groups is 1. The van der Waals surface area contributed by atoms with Crippen LogP contribution in [0, 0.1) is 13.8 Å². The van der Waals surface area contributed by atoms with Crippen molar-refractivity contribution in [2.24, 2.45) is 0 Å². The van der Waals surface area contributed by atoms with Crippen LogP contribution in [-0.4, -0.2) is 33.9 Å². The summed E-state index contributed by atoms with van der Waals surface area (Å²) >= 11 is 0. The van der Waals surface area contributed by atoms with Gasteiger partial charge in [-0.25, -0.2) is 9.97 Å². The van der Waals surface area contributed by atoms with Gasteiger partial charge in [0.05, 0.1) is 5.69 Å². The van der Waals surface area contributed by atoms with Crippen molar-refractivity contribution >= 4 is 17.5 Å². The van der Waals surface area contributed by atoms with E-state index in [2.05, 4.69) is 23.3 Å². The average molecular weight is 386 g/mol. The number of nitrogens with zero attached hydrogens (tertiary/aromatic N) is 3. The molecule has 1 aromatic heterocycles. The molecule has 5 nitrogen and oxygen atoms in total. The number of aromatic nitrogens is 2. The summed E-state index contributed by atoms with van der Waals surface area (Å²) in [6.07, 6.45) is 3.80. The minimum atomic E-state index is 0.111. The number of aryl methyl sites for hydroxylation is 2. The van der Waals surface area contributed by atoms with Crippen LogP contribution in [0.15, 0.2) is 60.8 Å². The van der Waals surface area contributed by atoms with Crippen LogP contribution in [0.25, 0.3) is 0 Å². The fourth-order valence-electron chi connectivity index (χ4n) is 3.88. The van der Waals surface area contributed by atoms with Gasteiger partial charge in [-0.05, 0) is 56.0 Å². The van der Waals surface area contributed by atoms with E-state index in [1.165, 1.54) is 0 Å². The lowest BCUT2D eigenvalue weighted by Crippen LogP contribution is -2.39. The Balaban J connectivity index is 1.51. The number of benzene rings is 2. The predicted octanol–water partition coefficient (Wildman–Crippen LogP) is 4.86. The molecule has 0 radical (unpaired) electrons. The first kappa shape index (κ1) is 19.1. The Labute approximate surface area is 171 Å². The fourth-order valence-corrected chi connectivity index (χ4v) is 3.88. The van der Waals surface area contributed by atoms with Gasteiger partial charge >= 0.3 is 0 Å². The van der Waals surface area contributed by atoms with Crippen molar-refractivity contribution in [1.82, 2.24) is 14.9 Å². The zero-order chi connectivity index (χ0) is 20.2. The minimum absolute atomic E-state index is 0.111. The molecule has 0 unspecified atom stereocenters. The molecule has 1 saturated heterocycles. The normalized spacial score (nSPS) is 16.5. The highest BCUT2D eigenvalue weighted by Gasteiger charge is 2.27. The first-order valence-corrected chi connectivity index (χ1v) is 10.1. The van der Waals surface area contributed by atoms with Crippen LogP contribution in [0.5, 0.6) is 0 Å². The highest BCUT2D eigenvalue weighted by Crippen LogP contribution is 2.28. The van der Waals surface area contributed by atoms with Gasteiger partial charge in [0, 0.05) is 36.5 Å². The van der Waals surface area contributed by atoms with Crippen LogP contribution in [0.4, 0.5) is 11.6 Å². The van der Waals surface area contributed by atoms with Crippen molar-refractivity contribution in [2.45, 2.75) is 32.6 Å². The molecule has 0 saturated carbocycles. The quantitative estimate of drug-likeness (QED) is 0.696. The molecular weight excluding hydrogens is 360 g/mol. The van der Waals surface area contributed by atoms with Crippen LogP contribution in [-0.2, 0) is 0 Å². The Morgan fingerprint density at radius 1 is 1.03 bits per heavy atom. The monoisotopic (exact) mass is 386 g/mol. The van der Waals surface area contributed by atoms with Crippen LogP contribution in [0.2, 0.25) is 0 Å². The third-order valence-electron chi connectivity index (χ3n) is 5.57. The summed E-state index contributed by atoms with van der Waals surface area (Å²) in [6.45, 7) is 5.53. The molecule has 0 spiro atoms. The molecule has 4 rings (SSSR count). The van der Waals surface area contributed by atoms with Crippen molar-refractivity contribution in [1.29, 1.82) is 0 Å². The molecule has 1 atom stereocenters. The second kappa shape index (κ2) is 8.43. The molecule has 148 valence electrons. The number of nitrogens with one attached hydrogen (secondary N) is 1. The van der Waals surface area contributed by atoms with Gasteiger partial charge in [0.1, 0.15) is 0 Å². The first-order valence-electron chi connectivity index (χ1n) is 10.1. The van der Waals surface area contributed by atoms with Crippen molar-refractivity contribution in [3.8, 4) is 0 Å². The Bertz CT molecular complexity index is 1020. The Morgan fingerprint density at radius 3 is 2.59 bits per heavy atom. The summed E-state index contributed by atoms with van der Waals surface area (Å²) in [6, 6.07) is 17.9. The molecule has 29 heavy (non-hydrogen) atoms. The van der Waals surface area contributed by atoms with Gasteiger partial charge in [-0.2, -0.15) is 0 Å². The zero-order valence-corrected chi connectivity index (χ0v) is 16.9. The second-order valence-corrected chi connectivity index (χ2v) is 7.65. The average Bonchev–Trinajstić information content (AvgIpc) is 2.76. The van der Waals surface area contributed by atoms with Crippen LogP contribution < -0.4 is 5.32 Å². The summed E-state index contributed by atoms with van der Waals surface area (Å²) in [5.74, 6) is 0.927. The number of hydrogen-bond acceptors (Lipinski definition) is 4. The van der Waals surface area contributed by atoms with Gasteiger partial charge in [-0.15, -0.1) is 0 Å². The molecule has 0 aliphatic carbocycles. The van der Waals surface area contributed by atoms with Crippen molar-refractivity contribution < 1.29 is 4.79 Å². The molecular formula is C24H26N4O. The number of anilines is 2. The van der Waals surface area contributed by atoms with E-state index >= 15 is 0 Å². The molecule has 1 fully saturated rings. The van der Waals surface area contributed by atoms with Gasteiger partial charge in [-0.1, -0.05) is 36.4 Å². The smallest absolute Gasteiger partial charge is 0.254 e. The SMILES string of the molecule is Cc1ccccc1Nc1nccc([C@@H]2CCCN(C(=O)c3ccccc3C)C2)n1. The van der Waals surface area contributed by atoms with Gasteiger partial charge in [-0.3, -0.25) is 4.79 Å². The molecule has 1 aliphatic rings. The number of rotatable bonds is 4. The van der Waals surface area contributed by atoms with E-state index in [1.807, 2.05) is 60.4 Å². The summed E-state index contributed by atoms with van der Waals surface area (Å²) < 4.78 is 0. The maximum absolute atomic E-state index is 13.0. The van der Waals surface area contributed by atoms with E-state index in [4.69, 9.17) is 4.98 Å². The first-order chi connectivity index (χ1) is 14.1. The molecule has 0 bridgehead atoms. The highest BCUT2D eigenvalue weighted by molar-refractivity contribution is 5.95. The van der Waals surface area contributed by atoms with Gasteiger partial charge in [0.15, 0.2) is 0 Å². The van der Waals surface area contributed by atoms with Crippen molar-refractivity contribution in [3.63, 3.8) is 0 Å². The zero-order valence-electron chi connectivity index (χ0n) is 16.9. The molecule has 2 heterocycles. The maximum Gasteiger partial charge on any atom is 0.254 e. The summed E-state index contributed by atoms with van der Waals surface area (Å²) in [5.41, 5.74) is 4.95. The number of hydrogen-bond donors (Lipinski definition) is 1. The lowest BCUT2D eigenvalue weighted by molar-refractivity contribution is 0.0705. The predicted molar refractivity (Wildman–Crippen MR) is 116 cm³/mol. The van der Waals surface area contributed by atoms with Crippen LogP contribution >= 0.6 is 0 Å². The molecule has 1 N–H and O–H groups in total. The fraction of sp³-hybridized carbons (Fsp3) is 0.292. The summed E-state index contributed by atoms with van der Waals surface area (Å²) in [4.78, 5) is 24.1. The van der Waals surface area contributed by atoms with Crippen molar-refractivity contribution in [2.75, 3.05) is 18.4 Å². The second-order valence-electron chi connectivity index (χ2n) is 7.65. The van der Waals surface area contributed by atoms with Gasteiger partial charge in [0.2, 0.25) is 5.95 Å². The van der Waals surface area contributed by atoms with E-state index in [0.717, 1.165) is 47.5 Å². The number of carbonyl (C=O) groups excluding carboxylic acids is 1. The van der Waals surface area contributed by atoms with Crippen LogP contribution in [0.3, 0.4) is 0 Å². The largest absolute Gasteiger partial charge is 0.338 e. The number of piperidine rings is 1. The lowest BCUT2D eigenvalue weighted by Gasteiger charge is -2.33. The third-order valence-corrected chi connectivity index (χ3v) is 5.57. The minimum Gasteiger partial charge on any atom is -0.338 e. The third kappa shape index (κ3) is 4.29. The van der Waals surface area contributed by atoms with E-state index in [0.29, 0.717) is 12.5 Å².